The molecule has 0 atom stereocenters. The molecule has 0 radical (unpaired) electrons. The van der Waals surface area contributed by atoms with Crippen LogP contribution in [0.2, 0.25) is 10.0 Å². The van der Waals surface area contributed by atoms with E-state index in [4.69, 9.17) is 23.2 Å². The van der Waals surface area contributed by atoms with Crippen molar-refractivity contribution in [1.29, 1.82) is 0 Å². The highest BCUT2D eigenvalue weighted by Gasteiger charge is 2.18. The molecule has 0 aliphatic carbocycles. The van der Waals surface area contributed by atoms with Crippen LogP contribution < -0.4 is 15.6 Å². The molecule has 160 valence electrons. The smallest absolute Gasteiger partial charge is 0.272 e. The Morgan fingerprint density at radius 1 is 0.839 bits per heavy atom. The number of benzene rings is 3. The van der Waals surface area contributed by atoms with Gasteiger partial charge in [0.2, 0.25) is 0 Å². The van der Waals surface area contributed by atoms with Crippen molar-refractivity contribution >= 4 is 50.7 Å². The summed E-state index contributed by atoms with van der Waals surface area (Å²) >= 11 is 11.6. The maximum atomic E-state index is 13.8. The van der Waals surface area contributed by atoms with Crippen molar-refractivity contribution in [3.05, 3.63) is 93.7 Å². The molecule has 0 heterocycles. The Morgan fingerprint density at radius 2 is 1.55 bits per heavy atom. The van der Waals surface area contributed by atoms with Crippen molar-refractivity contribution in [2.24, 2.45) is 0 Å². The van der Waals surface area contributed by atoms with Crippen molar-refractivity contribution in [1.82, 2.24) is 10.9 Å². The minimum atomic E-state index is -4.04. The SMILES string of the molecule is O=C(NNC(=O)c1ccc(Cl)cc1F)c1cccc(S(=O)(=O)Nc2ccccc2Cl)c1. The first-order valence-corrected chi connectivity index (χ1v) is 10.8. The summed E-state index contributed by atoms with van der Waals surface area (Å²) < 4.78 is 41.4. The fourth-order valence-electron chi connectivity index (χ4n) is 2.48. The summed E-state index contributed by atoms with van der Waals surface area (Å²) in [6.07, 6.45) is 0. The Kier molecular flexibility index (Phi) is 6.79. The third-order valence-electron chi connectivity index (χ3n) is 3.99. The van der Waals surface area contributed by atoms with Crippen molar-refractivity contribution in [2.45, 2.75) is 4.90 Å². The van der Waals surface area contributed by atoms with E-state index < -0.39 is 27.7 Å². The van der Waals surface area contributed by atoms with Gasteiger partial charge in [-0.3, -0.25) is 25.2 Å². The van der Waals surface area contributed by atoms with E-state index in [-0.39, 0.29) is 31.8 Å². The summed E-state index contributed by atoms with van der Waals surface area (Å²) in [4.78, 5) is 24.2. The molecule has 31 heavy (non-hydrogen) atoms. The molecular formula is C20H14Cl2FN3O4S. The van der Waals surface area contributed by atoms with E-state index in [9.17, 15) is 22.4 Å². The molecule has 2 amide bonds. The topological polar surface area (TPSA) is 104 Å². The molecule has 0 saturated carbocycles. The van der Waals surface area contributed by atoms with Gasteiger partial charge in [0.05, 0.1) is 21.2 Å². The van der Waals surface area contributed by atoms with Crippen LogP contribution in [-0.4, -0.2) is 20.2 Å². The van der Waals surface area contributed by atoms with Crippen LogP contribution >= 0.6 is 23.2 Å². The largest absolute Gasteiger partial charge is 0.278 e. The van der Waals surface area contributed by atoms with Crippen LogP contribution in [0.25, 0.3) is 0 Å². The average Bonchev–Trinajstić information content (AvgIpc) is 2.73. The number of carbonyl (C=O) groups is 2. The minimum Gasteiger partial charge on any atom is -0.278 e. The zero-order valence-corrected chi connectivity index (χ0v) is 17.9. The summed E-state index contributed by atoms with van der Waals surface area (Å²) in [6, 6.07) is 14.8. The van der Waals surface area contributed by atoms with Crippen LogP contribution in [0.1, 0.15) is 20.7 Å². The van der Waals surface area contributed by atoms with E-state index in [2.05, 4.69) is 15.6 Å². The molecule has 7 nitrogen and oxygen atoms in total. The lowest BCUT2D eigenvalue weighted by Gasteiger charge is -2.11. The maximum Gasteiger partial charge on any atom is 0.272 e. The number of hydrogen-bond donors (Lipinski definition) is 3. The van der Waals surface area contributed by atoms with E-state index in [1.165, 1.54) is 36.4 Å². The Morgan fingerprint density at radius 3 is 2.26 bits per heavy atom. The second kappa shape index (κ2) is 9.34. The van der Waals surface area contributed by atoms with Crippen LogP contribution in [0.15, 0.2) is 71.6 Å². The number of sulfonamides is 1. The molecule has 3 rings (SSSR count). The van der Waals surface area contributed by atoms with Gasteiger partial charge in [-0.2, -0.15) is 0 Å². The van der Waals surface area contributed by atoms with E-state index in [1.54, 1.807) is 12.1 Å². The lowest BCUT2D eigenvalue weighted by molar-refractivity contribution is 0.0844. The monoisotopic (exact) mass is 481 g/mol. The minimum absolute atomic E-state index is 0.0566. The summed E-state index contributed by atoms with van der Waals surface area (Å²) in [5.41, 5.74) is 3.95. The van der Waals surface area contributed by atoms with Gasteiger partial charge in [-0.25, -0.2) is 12.8 Å². The summed E-state index contributed by atoms with van der Waals surface area (Å²) in [7, 11) is -4.04. The van der Waals surface area contributed by atoms with E-state index in [0.29, 0.717) is 0 Å². The van der Waals surface area contributed by atoms with Gasteiger partial charge in [-0.15, -0.1) is 0 Å². The number of anilines is 1. The number of hydrogen-bond acceptors (Lipinski definition) is 4. The number of rotatable bonds is 5. The normalized spacial score (nSPS) is 10.9. The fraction of sp³-hybridized carbons (Fsp3) is 0. The lowest BCUT2D eigenvalue weighted by Crippen LogP contribution is -2.42. The molecule has 0 aliphatic rings. The van der Waals surface area contributed by atoms with Crippen LogP contribution in [0.3, 0.4) is 0 Å². The molecule has 3 N–H and O–H groups in total. The van der Waals surface area contributed by atoms with Crippen LogP contribution in [0, 0.1) is 5.82 Å². The van der Waals surface area contributed by atoms with Gasteiger partial charge in [0, 0.05) is 10.6 Å². The summed E-state index contributed by atoms with van der Waals surface area (Å²) in [5.74, 6) is -2.58. The average molecular weight is 482 g/mol. The second-order valence-corrected chi connectivity index (χ2v) is 8.67. The highest BCUT2D eigenvalue weighted by Crippen LogP contribution is 2.24. The first kappa shape index (κ1) is 22.5. The summed E-state index contributed by atoms with van der Waals surface area (Å²) in [6.45, 7) is 0. The number of carbonyl (C=O) groups excluding carboxylic acids is 2. The van der Waals surface area contributed by atoms with Crippen molar-refractivity contribution in [2.75, 3.05) is 4.72 Å². The number of amides is 2. The molecule has 3 aromatic rings. The molecule has 0 fully saturated rings. The molecule has 11 heteroatoms. The van der Waals surface area contributed by atoms with Crippen molar-refractivity contribution in [3.8, 4) is 0 Å². The van der Waals surface area contributed by atoms with Gasteiger partial charge in [-0.05, 0) is 48.5 Å². The fourth-order valence-corrected chi connectivity index (χ4v) is 4.00. The molecule has 0 saturated heterocycles. The van der Waals surface area contributed by atoms with E-state index in [0.717, 1.165) is 18.2 Å². The first-order chi connectivity index (χ1) is 14.7. The predicted molar refractivity (Wildman–Crippen MR) is 115 cm³/mol. The quantitative estimate of drug-likeness (QED) is 0.478. The van der Waals surface area contributed by atoms with Crippen LogP contribution in [0.5, 0.6) is 0 Å². The third-order valence-corrected chi connectivity index (χ3v) is 5.92. The predicted octanol–water partition coefficient (Wildman–Crippen LogP) is 4.01. The molecule has 0 unspecified atom stereocenters. The molecular weight excluding hydrogens is 468 g/mol. The molecule has 0 bridgehead atoms. The van der Waals surface area contributed by atoms with Gasteiger partial charge >= 0.3 is 0 Å². The standard InChI is InChI=1S/C20H14Cl2FN3O4S/c21-13-8-9-15(17(23)11-13)20(28)25-24-19(27)12-4-3-5-14(10-12)31(29,30)26-18-7-2-1-6-16(18)22/h1-11,26H,(H,24,27)(H,25,28). The van der Waals surface area contributed by atoms with Gasteiger partial charge in [0.15, 0.2) is 0 Å². The molecule has 0 aliphatic heterocycles. The number of nitrogens with one attached hydrogen (secondary N) is 3. The number of para-hydroxylation sites is 1. The summed E-state index contributed by atoms with van der Waals surface area (Å²) in [5, 5.41) is 0.318. The lowest BCUT2D eigenvalue weighted by atomic mass is 10.2. The third kappa shape index (κ3) is 5.52. The van der Waals surface area contributed by atoms with Gasteiger partial charge < -0.3 is 0 Å². The van der Waals surface area contributed by atoms with Crippen LogP contribution in [0.4, 0.5) is 10.1 Å². The highest BCUT2D eigenvalue weighted by atomic mass is 35.5. The van der Waals surface area contributed by atoms with Crippen molar-refractivity contribution in [3.63, 3.8) is 0 Å². The van der Waals surface area contributed by atoms with Gasteiger partial charge in [0.1, 0.15) is 5.82 Å². The Hall–Kier alpha value is -3.14. The number of halogens is 3. The number of hydrazine groups is 1. The highest BCUT2D eigenvalue weighted by molar-refractivity contribution is 7.92. The van der Waals surface area contributed by atoms with E-state index in [1.807, 2.05) is 0 Å². The van der Waals surface area contributed by atoms with Crippen molar-refractivity contribution < 1.29 is 22.4 Å². The van der Waals surface area contributed by atoms with Crippen LogP contribution in [-0.2, 0) is 10.0 Å². The van der Waals surface area contributed by atoms with Gasteiger partial charge in [-0.1, -0.05) is 41.4 Å². The zero-order chi connectivity index (χ0) is 22.6. The van der Waals surface area contributed by atoms with E-state index >= 15 is 0 Å². The Labute approximate surface area is 187 Å². The maximum absolute atomic E-state index is 13.8. The zero-order valence-electron chi connectivity index (χ0n) is 15.5. The molecule has 0 aromatic heterocycles. The second-order valence-electron chi connectivity index (χ2n) is 6.15. The van der Waals surface area contributed by atoms with Gasteiger partial charge in [0.25, 0.3) is 21.8 Å². The Balaban J connectivity index is 1.72. The molecule has 3 aromatic carbocycles. The Bertz CT molecular complexity index is 1270. The molecule has 0 spiro atoms. The first-order valence-electron chi connectivity index (χ1n) is 8.60.